The predicted octanol–water partition coefficient (Wildman–Crippen LogP) is 4.41. The molecule has 1 aromatic rings. The number of Topliss-reactive ketones (excluding diaryl/α,β-unsaturated/α-hetero) is 1. The highest BCUT2D eigenvalue weighted by Gasteiger charge is 2.22. The van der Waals surface area contributed by atoms with E-state index < -0.39 is 5.41 Å². The van der Waals surface area contributed by atoms with Crippen molar-refractivity contribution in [2.75, 3.05) is 11.9 Å². The number of ketones is 1. The van der Waals surface area contributed by atoms with E-state index in [0.29, 0.717) is 12.0 Å². The van der Waals surface area contributed by atoms with Crippen LogP contribution in [0.5, 0.6) is 0 Å². The first-order valence-corrected chi connectivity index (χ1v) is 8.69. The van der Waals surface area contributed by atoms with E-state index in [1.807, 2.05) is 20.8 Å². The molecular formula is C20H32N2O2. The minimum Gasteiger partial charge on any atom is -0.326 e. The maximum atomic E-state index is 12.2. The summed E-state index contributed by atoms with van der Waals surface area (Å²) in [6, 6.07) is 7.13. The SMILES string of the molecule is CC(C)(C)NCCCCC(=O)Nc1ccc(C(=O)C(C)(C)C)cc1. The van der Waals surface area contributed by atoms with E-state index in [1.165, 1.54) is 0 Å². The number of amides is 1. The van der Waals surface area contributed by atoms with Crippen LogP contribution in [0.2, 0.25) is 0 Å². The molecule has 0 aliphatic carbocycles. The Morgan fingerprint density at radius 2 is 1.50 bits per heavy atom. The first-order chi connectivity index (χ1) is 11.0. The summed E-state index contributed by atoms with van der Waals surface area (Å²) < 4.78 is 0. The first kappa shape index (κ1) is 20.4. The monoisotopic (exact) mass is 332 g/mol. The second kappa shape index (κ2) is 8.43. The Bertz CT molecular complexity index is 548. The molecule has 0 fully saturated rings. The third-order valence-electron chi connectivity index (χ3n) is 3.60. The largest absolute Gasteiger partial charge is 0.326 e. The van der Waals surface area contributed by atoms with E-state index in [1.54, 1.807) is 24.3 Å². The Hall–Kier alpha value is -1.68. The number of hydrogen-bond acceptors (Lipinski definition) is 3. The second-order valence-corrected chi connectivity index (χ2v) is 8.34. The topological polar surface area (TPSA) is 58.2 Å². The molecular weight excluding hydrogens is 300 g/mol. The smallest absolute Gasteiger partial charge is 0.224 e. The van der Waals surface area contributed by atoms with Gasteiger partial charge in [0.1, 0.15) is 0 Å². The van der Waals surface area contributed by atoms with Gasteiger partial charge in [-0.15, -0.1) is 0 Å². The summed E-state index contributed by atoms with van der Waals surface area (Å²) in [7, 11) is 0. The van der Waals surface area contributed by atoms with Crippen LogP contribution >= 0.6 is 0 Å². The van der Waals surface area contributed by atoms with Gasteiger partial charge >= 0.3 is 0 Å². The van der Waals surface area contributed by atoms with Crippen molar-refractivity contribution in [3.8, 4) is 0 Å². The molecule has 1 aromatic carbocycles. The number of rotatable bonds is 7. The van der Waals surface area contributed by atoms with Gasteiger partial charge in [0.15, 0.2) is 5.78 Å². The van der Waals surface area contributed by atoms with Crippen molar-refractivity contribution in [2.45, 2.75) is 66.3 Å². The van der Waals surface area contributed by atoms with E-state index >= 15 is 0 Å². The molecule has 24 heavy (non-hydrogen) atoms. The van der Waals surface area contributed by atoms with Crippen LogP contribution in [0.1, 0.15) is 71.2 Å². The van der Waals surface area contributed by atoms with Crippen molar-refractivity contribution in [1.29, 1.82) is 0 Å². The lowest BCUT2D eigenvalue weighted by Crippen LogP contribution is -2.36. The van der Waals surface area contributed by atoms with Crippen molar-refractivity contribution < 1.29 is 9.59 Å². The molecule has 0 spiro atoms. The highest BCUT2D eigenvalue weighted by atomic mass is 16.1. The van der Waals surface area contributed by atoms with Gasteiger partial charge in [0.2, 0.25) is 5.91 Å². The number of carbonyl (C=O) groups excluding carboxylic acids is 2. The minimum absolute atomic E-state index is 0.0145. The molecule has 0 radical (unpaired) electrons. The normalized spacial score (nSPS) is 12.1. The number of benzene rings is 1. The number of hydrogen-bond donors (Lipinski definition) is 2. The van der Waals surface area contributed by atoms with Crippen LogP contribution in [-0.2, 0) is 4.79 Å². The standard InChI is InChI=1S/C20H32N2O2/c1-19(2,3)18(24)15-10-12-16(13-11-15)22-17(23)9-7-8-14-21-20(4,5)6/h10-13,21H,7-9,14H2,1-6H3,(H,22,23). The maximum Gasteiger partial charge on any atom is 0.224 e. The van der Waals surface area contributed by atoms with Crippen LogP contribution < -0.4 is 10.6 Å². The Morgan fingerprint density at radius 1 is 0.917 bits per heavy atom. The molecule has 4 nitrogen and oxygen atoms in total. The summed E-state index contributed by atoms with van der Waals surface area (Å²) >= 11 is 0. The summed E-state index contributed by atoms with van der Waals surface area (Å²) in [6.07, 6.45) is 2.34. The van der Waals surface area contributed by atoms with E-state index in [0.717, 1.165) is 25.1 Å². The van der Waals surface area contributed by atoms with Gasteiger partial charge in [0.05, 0.1) is 0 Å². The molecule has 0 aliphatic heterocycles. The predicted molar refractivity (Wildman–Crippen MR) is 100 cm³/mol. The molecule has 0 aliphatic rings. The van der Waals surface area contributed by atoms with Gasteiger partial charge in [0.25, 0.3) is 0 Å². The van der Waals surface area contributed by atoms with Gasteiger partial charge in [-0.25, -0.2) is 0 Å². The quantitative estimate of drug-likeness (QED) is 0.574. The molecule has 1 amide bonds. The Labute approximate surface area is 146 Å². The summed E-state index contributed by atoms with van der Waals surface area (Å²) in [5.41, 5.74) is 1.13. The van der Waals surface area contributed by atoms with Crippen molar-refractivity contribution >= 4 is 17.4 Å². The zero-order valence-corrected chi connectivity index (χ0v) is 16.0. The molecule has 4 heteroatoms. The number of carbonyl (C=O) groups is 2. The molecule has 134 valence electrons. The lowest BCUT2D eigenvalue weighted by molar-refractivity contribution is -0.116. The average Bonchev–Trinajstić information content (AvgIpc) is 2.44. The molecule has 0 heterocycles. The number of unbranched alkanes of at least 4 members (excludes halogenated alkanes) is 1. The zero-order chi connectivity index (χ0) is 18.4. The molecule has 0 saturated heterocycles. The van der Waals surface area contributed by atoms with Crippen molar-refractivity contribution in [2.24, 2.45) is 5.41 Å². The maximum absolute atomic E-state index is 12.2. The van der Waals surface area contributed by atoms with Gasteiger partial charge in [-0.2, -0.15) is 0 Å². The highest BCUT2D eigenvalue weighted by molar-refractivity contribution is 6.00. The van der Waals surface area contributed by atoms with Gasteiger partial charge < -0.3 is 10.6 Å². The molecule has 0 atom stereocenters. The second-order valence-electron chi connectivity index (χ2n) is 8.34. The van der Waals surface area contributed by atoms with Crippen LogP contribution in [0, 0.1) is 5.41 Å². The third kappa shape index (κ3) is 7.73. The minimum atomic E-state index is -0.397. The summed E-state index contributed by atoms with van der Waals surface area (Å²) in [5, 5.41) is 6.29. The Morgan fingerprint density at radius 3 is 2.00 bits per heavy atom. The lowest BCUT2D eigenvalue weighted by atomic mass is 9.86. The van der Waals surface area contributed by atoms with Crippen LogP contribution in [-0.4, -0.2) is 23.8 Å². The fraction of sp³-hybridized carbons (Fsp3) is 0.600. The Kier molecular flexibility index (Phi) is 7.15. The summed E-state index contributed by atoms with van der Waals surface area (Å²) in [4.78, 5) is 24.1. The average molecular weight is 332 g/mol. The van der Waals surface area contributed by atoms with Gasteiger partial charge in [0, 0.05) is 28.6 Å². The van der Waals surface area contributed by atoms with E-state index in [-0.39, 0.29) is 17.2 Å². The van der Waals surface area contributed by atoms with Crippen molar-refractivity contribution in [3.05, 3.63) is 29.8 Å². The van der Waals surface area contributed by atoms with Gasteiger partial charge in [-0.3, -0.25) is 9.59 Å². The van der Waals surface area contributed by atoms with Gasteiger partial charge in [-0.05, 0) is 64.4 Å². The molecule has 0 unspecified atom stereocenters. The van der Waals surface area contributed by atoms with Crippen LogP contribution in [0.4, 0.5) is 5.69 Å². The Balaban J connectivity index is 2.39. The van der Waals surface area contributed by atoms with Gasteiger partial charge in [-0.1, -0.05) is 20.8 Å². The number of anilines is 1. The fourth-order valence-corrected chi connectivity index (χ4v) is 2.24. The molecule has 2 N–H and O–H groups in total. The molecule has 0 aromatic heterocycles. The van der Waals surface area contributed by atoms with E-state index in [4.69, 9.17) is 0 Å². The lowest BCUT2D eigenvalue weighted by Gasteiger charge is -2.20. The summed E-state index contributed by atoms with van der Waals surface area (Å²) in [6.45, 7) is 13.0. The highest BCUT2D eigenvalue weighted by Crippen LogP contribution is 2.22. The fourth-order valence-electron chi connectivity index (χ4n) is 2.24. The van der Waals surface area contributed by atoms with Crippen LogP contribution in [0.15, 0.2) is 24.3 Å². The van der Waals surface area contributed by atoms with Crippen LogP contribution in [0.3, 0.4) is 0 Å². The molecule has 1 rings (SSSR count). The van der Waals surface area contributed by atoms with Crippen LogP contribution in [0.25, 0.3) is 0 Å². The zero-order valence-electron chi connectivity index (χ0n) is 16.0. The van der Waals surface area contributed by atoms with Crippen molar-refractivity contribution in [3.63, 3.8) is 0 Å². The molecule has 0 saturated carbocycles. The van der Waals surface area contributed by atoms with E-state index in [2.05, 4.69) is 31.4 Å². The summed E-state index contributed by atoms with van der Waals surface area (Å²) in [5.74, 6) is 0.118. The van der Waals surface area contributed by atoms with E-state index in [9.17, 15) is 9.59 Å². The number of nitrogens with one attached hydrogen (secondary N) is 2. The first-order valence-electron chi connectivity index (χ1n) is 8.69. The van der Waals surface area contributed by atoms with Crippen molar-refractivity contribution in [1.82, 2.24) is 5.32 Å². The third-order valence-corrected chi connectivity index (χ3v) is 3.60. The molecule has 0 bridgehead atoms.